The van der Waals surface area contributed by atoms with Crippen molar-refractivity contribution in [1.82, 2.24) is 5.32 Å². The van der Waals surface area contributed by atoms with Gasteiger partial charge in [0.1, 0.15) is 5.84 Å². The third-order valence-corrected chi connectivity index (χ3v) is 2.48. The van der Waals surface area contributed by atoms with Gasteiger partial charge in [0.2, 0.25) is 0 Å². The van der Waals surface area contributed by atoms with E-state index in [9.17, 15) is 4.79 Å². The lowest BCUT2D eigenvalue weighted by Gasteiger charge is -2.10. The molecule has 19 heavy (non-hydrogen) atoms. The first kappa shape index (κ1) is 15.0. The van der Waals surface area contributed by atoms with Crippen molar-refractivity contribution in [3.63, 3.8) is 0 Å². The van der Waals surface area contributed by atoms with Crippen LogP contribution in [0.4, 0.5) is 5.69 Å². The van der Waals surface area contributed by atoms with E-state index in [0.29, 0.717) is 18.0 Å². The molecule has 102 valence electrons. The molecule has 4 heteroatoms. The Kier molecular flexibility index (Phi) is 5.79. The molecule has 0 fully saturated rings. The lowest BCUT2D eigenvalue weighted by molar-refractivity contribution is -0.116. The zero-order chi connectivity index (χ0) is 14.3. The quantitative estimate of drug-likeness (QED) is 0.485. The summed E-state index contributed by atoms with van der Waals surface area (Å²) in [6, 6.07) is 7.81. The van der Waals surface area contributed by atoms with Crippen molar-refractivity contribution < 1.29 is 4.79 Å². The van der Waals surface area contributed by atoms with Crippen molar-refractivity contribution in [3.05, 3.63) is 42.0 Å². The summed E-state index contributed by atoms with van der Waals surface area (Å²) in [6.07, 6.45) is 0. The summed E-state index contributed by atoms with van der Waals surface area (Å²) in [5.41, 5.74) is 2.40. The van der Waals surface area contributed by atoms with Gasteiger partial charge in [-0.2, -0.15) is 0 Å². The second kappa shape index (κ2) is 7.36. The fraction of sp³-hybridized carbons (Fsp3) is 0.333. The summed E-state index contributed by atoms with van der Waals surface area (Å²) in [6.45, 7) is 10.8. The van der Waals surface area contributed by atoms with Gasteiger partial charge in [-0.15, -0.1) is 0 Å². The highest BCUT2D eigenvalue weighted by Crippen LogP contribution is 2.10. The molecule has 0 bridgehead atoms. The number of amides is 1. The zero-order valence-electron chi connectivity index (χ0n) is 11.8. The lowest BCUT2D eigenvalue weighted by atomic mass is 10.1. The van der Waals surface area contributed by atoms with E-state index in [1.807, 2.05) is 38.1 Å². The minimum Gasteiger partial charge on any atom is -0.385 e. The summed E-state index contributed by atoms with van der Waals surface area (Å²) in [5.74, 6) is 0.376. The highest BCUT2D eigenvalue weighted by Gasteiger charge is 2.08. The summed E-state index contributed by atoms with van der Waals surface area (Å²) >= 11 is 0. The summed E-state index contributed by atoms with van der Waals surface area (Å²) in [4.78, 5) is 16.0. The second-order valence-electron chi connectivity index (χ2n) is 4.17. The molecule has 1 amide bonds. The smallest absolute Gasteiger partial charge is 0.251 e. The molecule has 4 nitrogen and oxygen atoms in total. The van der Waals surface area contributed by atoms with Crippen molar-refractivity contribution in [2.75, 3.05) is 18.4 Å². The van der Waals surface area contributed by atoms with Crippen LogP contribution >= 0.6 is 0 Å². The van der Waals surface area contributed by atoms with Crippen LogP contribution < -0.4 is 10.6 Å². The van der Waals surface area contributed by atoms with Crippen LogP contribution in [0, 0.1) is 0 Å². The highest BCUT2D eigenvalue weighted by molar-refractivity contribution is 6.12. The van der Waals surface area contributed by atoms with Gasteiger partial charge in [0.05, 0.1) is 0 Å². The van der Waals surface area contributed by atoms with Gasteiger partial charge in [-0.25, -0.2) is 0 Å². The molecule has 0 radical (unpaired) electrons. The van der Waals surface area contributed by atoms with Crippen LogP contribution in [-0.2, 0) is 4.79 Å². The van der Waals surface area contributed by atoms with E-state index in [2.05, 4.69) is 22.2 Å². The van der Waals surface area contributed by atoms with E-state index in [1.165, 1.54) is 0 Å². The van der Waals surface area contributed by atoms with Crippen LogP contribution in [0.2, 0.25) is 0 Å². The Morgan fingerprint density at radius 1 is 1.26 bits per heavy atom. The van der Waals surface area contributed by atoms with Gasteiger partial charge < -0.3 is 10.6 Å². The van der Waals surface area contributed by atoms with Gasteiger partial charge in [-0.1, -0.05) is 6.58 Å². The molecule has 1 rings (SSSR count). The predicted molar refractivity (Wildman–Crippen MR) is 80.6 cm³/mol. The first-order valence-corrected chi connectivity index (χ1v) is 6.44. The predicted octanol–water partition coefficient (Wildman–Crippen LogP) is 2.58. The Bertz CT molecular complexity index is 475. The normalized spacial score (nSPS) is 11.0. The molecule has 0 heterocycles. The number of rotatable bonds is 5. The second-order valence-corrected chi connectivity index (χ2v) is 4.17. The van der Waals surface area contributed by atoms with E-state index in [0.717, 1.165) is 17.8 Å². The number of hydrogen-bond donors (Lipinski definition) is 2. The van der Waals surface area contributed by atoms with Gasteiger partial charge in [0, 0.05) is 29.9 Å². The number of carbonyl (C=O) groups is 1. The number of amidine groups is 1. The van der Waals surface area contributed by atoms with Crippen molar-refractivity contribution >= 4 is 17.4 Å². The SMILES string of the molecule is C=C(C)C(=O)NC(=NCC)c1ccc(NCC)cc1. The van der Waals surface area contributed by atoms with Crippen molar-refractivity contribution in [2.45, 2.75) is 20.8 Å². The van der Waals surface area contributed by atoms with Crippen molar-refractivity contribution in [3.8, 4) is 0 Å². The maximum absolute atomic E-state index is 11.7. The standard InChI is InChI=1S/C15H21N3O/c1-5-16-13-9-7-12(8-10-13)14(17-6-2)18-15(19)11(3)4/h7-10,16H,3,5-6H2,1-2,4H3,(H,17,18,19). The Morgan fingerprint density at radius 2 is 1.89 bits per heavy atom. The lowest BCUT2D eigenvalue weighted by Crippen LogP contribution is -2.31. The average Bonchev–Trinajstić information content (AvgIpc) is 2.39. The molecule has 0 aromatic heterocycles. The van der Waals surface area contributed by atoms with E-state index < -0.39 is 0 Å². The Labute approximate surface area is 114 Å². The van der Waals surface area contributed by atoms with E-state index in [1.54, 1.807) is 6.92 Å². The summed E-state index contributed by atoms with van der Waals surface area (Å²) in [5, 5.41) is 6.00. The first-order valence-electron chi connectivity index (χ1n) is 6.44. The third-order valence-electron chi connectivity index (χ3n) is 2.48. The number of nitrogens with zero attached hydrogens (tertiary/aromatic N) is 1. The zero-order valence-corrected chi connectivity index (χ0v) is 11.8. The molecule has 1 aromatic carbocycles. The molecule has 0 aliphatic carbocycles. The fourth-order valence-electron chi connectivity index (χ4n) is 1.53. The number of anilines is 1. The maximum Gasteiger partial charge on any atom is 0.251 e. The van der Waals surface area contributed by atoms with Crippen LogP contribution in [0.15, 0.2) is 41.4 Å². The molecule has 0 unspecified atom stereocenters. The Morgan fingerprint density at radius 3 is 2.37 bits per heavy atom. The Balaban J connectivity index is 2.90. The average molecular weight is 259 g/mol. The summed E-state index contributed by atoms with van der Waals surface area (Å²) < 4.78 is 0. The number of hydrogen-bond acceptors (Lipinski definition) is 3. The molecule has 0 aliphatic rings. The fourth-order valence-corrected chi connectivity index (χ4v) is 1.53. The van der Waals surface area contributed by atoms with E-state index >= 15 is 0 Å². The van der Waals surface area contributed by atoms with Gasteiger partial charge in [-0.3, -0.25) is 9.79 Å². The monoisotopic (exact) mass is 259 g/mol. The maximum atomic E-state index is 11.7. The van der Waals surface area contributed by atoms with Crippen LogP contribution in [0.1, 0.15) is 26.3 Å². The Hall–Kier alpha value is -2.10. The van der Waals surface area contributed by atoms with E-state index in [4.69, 9.17) is 0 Å². The van der Waals surface area contributed by atoms with Gasteiger partial charge in [0.15, 0.2) is 0 Å². The van der Waals surface area contributed by atoms with Gasteiger partial charge >= 0.3 is 0 Å². The number of nitrogens with one attached hydrogen (secondary N) is 2. The first-order chi connectivity index (χ1) is 9.08. The molecule has 0 spiro atoms. The van der Waals surface area contributed by atoms with Crippen LogP contribution in [-0.4, -0.2) is 24.8 Å². The molecule has 0 saturated heterocycles. The van der Waals surface area contributed by atoms with Crippen LogP contribution in [0.3, 0.4) is 0 Å². The molecular weight excluding hydrogens is 238 g/mol. The number of carbonyl (C=O) groups excluding carboxylic acids is 1. The summed E-state index contributed by atoms with van der Waals surface area (Å²) in [7, 11) is 0. The number of benzene rings is 1. The molecule has 0 saturated carbocycles. The highest BCUT2D eigenvalue weighted by atomic mass is 16.1. The van der Waals surface area contributed by atoms with Crippen molar-refractivity contribution in [2.24, 2.45) is 4.99 Å². The van der Waals surface area contributed by atoms with Gasteiger partial charge in [-0.05, 0) is 45.0 Å². The van der Waals surface area contributed by atoms with E-state index in [-0.39, 0.29) is 5.91 Å². The minimum atomic E-state index is -0.206. The van der Waals surface area contributed by atoms with Crippen molar-refractivity contribution in [1.29, 1.82) is 0 Å². The van der Waals surface area contributed by atoms with Crippen LogP contribution in [0.25, 0.3) is 0 Å². The molecular formula is C15H21N3O. The molecule has 2 N–H and O–H groups in total. The van der Waals surface area contributed by atoms with Gasteiger partial charge in [0.25, 0.3) is 5.91 Å². The molecule has 0 aliphatic heterocycles. The topological polar surface area (TPSA) is 53.5 Å². The third kappa shape index (κ3) is 4.58. The minimum absolute atomic E-state index is 0.206. The largest absolute Gasteiger partial charge is 0.385 e. The van der Waals surface area contributed by atoms with Crippen LogP contribution in [0.5, 0.6) is 0 Å². The molecule has 0 atom stereocenters. The number of aliphatic imine (C=N–C) groups is 1. The molecule has 1 aromatic rings.